The highest BCUT2D eigenvalue weighted by molar-refractivity contribution is 7.08. The summed E-state index contributed by atoms with van der Waals surface area (Å²) in [5.74, 6) is 1.29. The molecule has 1 aliphatic rings. The topological polar surface area (TPSA) is 77.4 Å². The van der Waals surface area contributed by atoms with Gasteiger partial charge in [-0.25, -0.2) is 0 Å². The molecule has 20 heavy (non-hydrogen) atoms. The van der Waals surface area contributed by atoms with Gasteiger partial charge >= 0.3 is 0 Å². The number of ether oxygens (including phenoxy) is 1. The van der Waals surface area contributed by atoms with Crippen molar-refractivity contribution in [1.29, 1.82) is 0 Å². The van der Waals surface area contributed by atoms with Crippen molar-refractivity contribution in [2.24, 2.45) is 5.73 Å². The van der Waals surface area contributed by atoms with Gasteiger partial charge in [-0.1, -0.05) is 5.16 Å². The van der Waals surface area contributed by atoms with Gasteiger partial charge in [0.1, 0.15) is 0 Å². The quantitative estimate of drug-likeness (QED) is 0.918. The molecule has 1 atom stereocenters. The highest BCUT2D eigenvalue weighted by Gasteiger charge is 2.21. The Bertz CT molecular complexity index is 519. The lowest BCUT2D eigenvalue weighted by atomic mass is 10.2. The first-order valence-corrected chi connectivity index (χ1v) is 7.18. The van der Waals surface area contributed by atoms with E-state index in [4.69, 9.17) is 15.0 Å². The van der Waals surface area contributed by atoms with Gasteiger partial charge in [0.15, 0.2) is 0 Å². The maximum absolute atomic E-state index is 5.63. The van der Waals surface area contributed by atoms with Crippen LogP contribution in [0.1, 0.15) is 5.89 Å². The van der Waals surface area contributed by atoms with E-state index >= 15 is 0 Å². The van der Waals surface area contributed by atoms with Gasteiger partial charge in [-0.15, -0.1) is 12.4 Å². The molecule has 0 radical (unpaired) electrons. The average molecular weight is 317 g/mol. The van der Waals surface area contributed by atoms with Crippen LogP contribution in [-0.2, 0) is 11.3 Å². The number of nitrogens with two attached hydrogens (primary N) is 1. The van der Waals surface area contributed by atoms with E-state index in [1.165, 1.54) is 0 Å². The van der Waals surface area contributed by atoms with Crippen LogP contribution < -0.4 is 5.73 Å². The number of halogens is 1. The van der Waals surface area contributed by atoms with E-state index in [9.17, 15) is 0 Å². The number of thiophene rings is 1. The minimum atomic E-state index is 0. The molecule has 2 aromatic rings. The second-order valence-electron chi connectivity index (χ2n) is 4.49. The molecule has 6 nitrogen and oxygen atoms in total. The molecule has 1 unspecified atom stereocenters. The van der Waals surface area contributed by atoms with Gasteiger partial charge in [0.2, 0.25) is 11.7 Å². The van der Waals surface area contributed by atoms with E-state index < -0.39 is 0 Å². The largest absolute Gasteiger partial charge is 0.374 e. The fourth-order valence-electron chi connectivity index (χ4n) is 2.09. The summed E-state index contributed by atoms with van der Waals surface area (Å²) >= 11 is 1.62. The molecular weight excluding hydrogens is 300 g/mol. The van der Waals surface area contributed by atoms with E-state index in [1.807, 2.05) is 16.8 Å². The normalized spacial score (nSPS) is 19.8. The van der Waals surface area contributed by atoms with Crippen molar-refractivity contribution in [2.75, 3.05) is 26.2 Å². The molecule has 3 rings (SSSR count). The zero-order valence-electron chi connectivity index (χ0n) is 10.9. The van der Waals surface area contributed by atoms with E-state index in [0.29, 0.717) is 31.4 Å². The summed E-state index contributed by atoms with van der Waals surface area (Å²) in [6.07, 6.45) is 0.105. The van der Waals surface area contributed by atoms with Gasteiger partial charge in [-0.05, 0) is 11.4 Å². The summed E-state index contributed by atoms with van der Waals surface area (Å²) in [4.78, 5) is 6.64. The van der Waals surface area contributed by atoms with Crippen LogP contribution in [0, 0.1) is 0 Å². The summed E-state index contributed by atoms with van der Waals surface area (Å²) in [6, 6.07) is 1.98. The number of hydrogen-bond acceptors (Lipinski definition) is 7. The van der Waals surface area contributed by atoms with Gasteiger partial charge in [-0.3, -0.25) is 4.90 Å². The predicted molar refractivity (Wildman–Crippen MR) is 78.9 cm³/mol. The molecule has 0 saturated carbocycles. The van der Waals surface area contributed by atoms with Crippen molar-refractivity contribution in [3.8, 4) is 11.4 Å². The number of nitrogens with zero attached hydrogens (tertiary/aromatic N) is 3. The maximum atomic E-state index is 5.63. The number of rotatable bonds is 4. The molecule has 0 aliphatic carbocycles. The van der Waals surface area contributed by atoms with Crippen molar-refractivity contribution in [2.45, 2.75) is 12.6 Å². The molecule has 0 aromatic carbocycles. The van der Waals surface area contributed by atoms with E-state index in [1.54, 1.807) is 11.3 Å². The Labute approximate surface area is 127 Å². The highest BCUT2D eigenvalue weighted by atomic mass is 35.5. The lowest BCUT2D eigenvalue weighted by Crippen LogP contribution is -2.45. The van der Waals surface area contributed by atoms with Crippen LogP contribution in [0.25, 0.3) is 11.4 Å². The van der Waals surface area contributed by atoms with Gasteiger partial charge in [0.05, 0.1) is 19.3 Å². The van der Waals surface area contributed by atoms with Gasteiger partial charge in [0.25, 0.3) is 0 Å². The van der Waals surface area contributed by atoms with Crippen LogP contribution in [-0.4, -0.2) is 47.4 Å². The third-order valence-electron chi connectivity index (χ3n) is 3.09. The zero-order chi connectivity index (χ0) is 13.1. The van der Waals surface area contributed by atoms with Gasteiger partial charge in [0, 0.05) is 30.6 Å². The Balaban J connectivity index is 0.00000147. The first-order valence-electron chi connectivity index (χ1n) is 6.24. The van der Waals surface area contributed by atoms with Crippen molar-refractivity contribution in [3.63, 3.8) is 0 Å². The molecular formula is C12H17ClN4O2S. The second-order valence-corrected chi connectivity index (χ2v) is 5.27. The monoisotopic (exact) mass is 316 g/mol. The Morgan fingerprint density at radius 3 is 3.15 bits per heavy atom. The Hall–Kier alpha value is -0.990. The van der Waals surface area contributed by atoms with Crippen molar-refractivity contribution in [1.82, 2.24) is 15.0 Å². The smallest absolute Gasteiger partial charge is 0.241 e. The van der Waals surface area contributed by atoms with Crippen LogP contribution >= 0.6 is 23.7 Å². The standard InChI is InChI=1S/C12H16N4O2S.ClH/c13-5-10-6-16(2-3-17-10)7-11-14-12(15-18-11)9-1-4-19-8-9;/h1,4,8,10H,2-3,5-7,13H2;1H. The number of hydrogen-bond donors (Lipinski definition) is 1. The highest BCUT2D eigenvalue weighted by Crippen LogP contribution is 2.19. The third-order valence-corrected chi connectivity index (χ3v) is 3.78. The van der Waals surface area contributed by atoms with Gasteiger partial charge in [-0.2, -0.15) is 16.3 Å². The minimum absolute atomic E-state index is 0. The Morgan fingerprint density at radius 1 is 1.50 bits per heavy atom. The van der Waals surface area contributed by atoms with Crippen molar-refractivity contribution < 1.29 is 9.26 Å². The summed E-state index contributed by atoms with van der Waals surface area (Å²) in [5, 5.41) is 8.01. The lowest BCUT2D eigenvalue weighted by molar-refractivity contribution is -0.0288. The van der Waals surface area contributed by atoms with Crippen LogP contribution in [0.5, 0.6) is 0 Å². The molecule has 0 spiro atoms. The number of aromatic nitrogens is 2. The maximum Gasteiger partial charge on any atom is 0.241 e. The molecule has 2 aromatic heterocycles. The van der Waals surface area contributed by atoms with Crippen LogP contribution in [0.15, 0.2) is 21.3 Å². The fourth-order valence-corrected chi connectivity index (χ4v) is 2.72. The molecule has 1 fully saturated rings. The SMILES string of the molecule is Cl.NCC1CN(Cc2nc(-c3ccsc3)no2)CCO1. The molecule has 8 heteroatoms. The molecule has 0 amide bonds. The molecule has 3 heterocycles. The molecule has 1 aliphatic heterocycles. The first-order chi connectivity index (χ1) is 9.35. The fraction of sp³-hybridized carbons (Fsp3) is 0.500. The molecule has 0 bridgehead atoms. The van der Waals surface area contributed by atoms with E-state index in [-0.39, 0.29) is 18.5 Å². The van der Waals surface area contributed by atoms with Crippen LogP contribution in [0.3, 0.4) is 0 Å². The van der Waals surface area contributed by atoms with Crippen molar-refractivity contribution in [3.05, 3.63) is 22.7 Å². The summed E-state index contributed by atoms with van der Waals surface area (Å²) < 4.78 is 10.8. The summed E-state index contributed by atoms with van der Waals surface area (Å²) in [6.45, 7) is 3.57. The summed E-state index contributed by atoms with van der Waals surface area (Å²) in [7, 11) is 0. The second kappa shape index (κ2) is 7.14. The minimum Gasteiger partial charge on any atom is -0.374 e. The van der Waals surface area contributed by atoms with E-state index in [2.05, 4.69) is 15.0 Å². The van der Waals surface area contributed by atoms with Crippen LogP contribution in [0.4, 0.5) is 0 Å². The lowest BCUT2D eigenvalue weighted by Gasteiger charge is -2.31. The van der Waals surface area contributed by atoms with E-state index in [0.717, 1.165) is 18.7 Å². The third kappa shape index (κ3) is 3.56. The molecule has 2 N–H and O–H groups in total. The molecule has 1 saturated heterocycles. The van der Waals surface area contributed by atoms with Crippen molar-refractivity contribution >= 4 is 23.7 Å². The first kappa shape index (κ1) is 15.4. The molecule has 110 valence electrons. The van der Waals surface area contributed by atoms with Crippen LogP contribution in [0.2, 0.25) is 0 Å². The summed E-state index contributed by atoms with van der Waals surface area (Å²) in [5.41, 5.74) is 6.63. The Morgan fingerprint density at radius 2 is 2.40 bits per heavy atom. The number of morpholine rings is 1. The average Bonchev–Trinajstić information content (AvgIpc) is 3.09. The zero-order valence-corrected chi connectivity index (χ0v) is 12.5. The van der Waals surface area contributed by atoms with Gasteiger partial charge < -0.3 is 15.0 Å². The predicted octanol–water partition coefficient (Wildman–Crippen LogP) is 1.38. The Kier molecular flexibility index (Phi) is 5.50.